The van der Waals surface area contributed by atoms with Crippen molar-refractivity contribution in [3.05, 3.63) is 17.7 Å². The molecule has 0 bridgehead atoms. The molecule has 0 saturated heterocycles. The Kier molecular flexibility index (Phi) is 4.92. The zero-order valence-electron chi connectivity index (χ0n) is 13.5. The molecule has 2 unspecified atom stereocenters. The Morgan fingerprint density at radius 2 is 1.76 bits per heavy atom. The molecule has 21 heavy (non-hydrogen) atoms. The van der Waals surface area contributed by atoms with Gasteiger partial charge in [0.2, 0.25) is 5.75 Å². The zero-order valence-corrected chi connectivity index (χ0v) is 14.3. The van der Waals surface area contributed by atoms with E-state index < -0.39 is 0 Å². The fraction of sp³-hybridized carbons (Fsp3) is 0.647. The molecule has 1 saturated carbocycles. The molecule has 0 N–H and O–H groups in total. The van der Waals surface area contributed by atoms with Crippen LogP contribution in [0.15, 0.2) is 12.1 Å². The van der Waals surface area contributed by atoms with Gasteiger partial charge in [-0.05, 0) is 36.3 Å². The average molecular weight is 313 g/mol. The Labute approximate surface area is 132 Å². The standard InChI is InChI=1S/C17H25ClO3/c1-17(2)10-6-7-12(17)14(18)11-8-9-13(19-3)16(21-5)15(11)20-4/h8-9,12,14H,6-7,10H2,1-5H3. The highest BCUT2D eigenvalue weighted by atomic mass is 35.5. The normalized spacial score (nSPS) is 21.9. The summed E-state index contributed by atoms with van der Waals surface area (Å²) in [4.78, 5) is 0. The first-order chi connectivity index (χ1) is 9.96. The first kappa shape index (κ1) is 16.3. The fourth-order valence-corrected chi connectivity index (χ4v) is 4.09. The number of rotatable bonds is 5. The summed E-state index contributed by atoms with van der Waals surface area (Å²) in [6.45, 7) is 4.60. The number of ether oxygens (including phenoxy) is 3. The van der Waals surface area contributed by atoms with E-state index in [1.54, 1.807) is 21.3 Å². The predicted molar refractivity (Wildman–Crippen MR) is 85.8 cm³/mol. The molecular weight excluding hydrogens is 288 g/mol. The first-order valence-electron chi connectivity index (χ1n) is 7.39. The van der Waals surface area contributed by atoms with E-state index >= 15 is 0 Å². The van der Waals surface area contributed by atoms with Crippen LogP contribution in [-0.4, -0.2) is 21.3 Å². The summed E-state index contributed by atoms with van der Waals surface area (Å²) in [6.07, 6.45) is 3.60. The Hall–Kier alpha value is -1.09. The number of benzene rings is 1. The third kappa shape index (κ3) is 2.94. The fourth-order valence-electron chi connectivity index (χ4n) is 3.45. The Morgan fingerprint density at radius 1 is 1.10 bits per heavy atom. The van der Waals surface area contributed by atoms with Crippen molar-refractivity contribution in [2.75, 3.05) is 21.3 Å². The third-order valence-electron chi connectivity index (χ3n) is 4.73. The van der Waals surface area contributed by atoms with Crippen molar-refractivity contribution in [3.63, 3.8) is 0 Å². The van der Waals surface area contributed by atoms with Gasteiger partial charge in [-0.15, -0.1) is 11.6 Å². The van der Waals surface area contributed by atoms with Crippen molar-refractivity contribution < 1.29 is 14.2 Å². The summed E-state index contributed by atoms with van der Waals surface area (Å²) in [5.74, 6) is 2.39. The predicted octanol–water partition coefficient (Wildman–Crippen LogP) is 4.82. The summed E-state index contributed by atoms with van der Waals surface area (Å²) in [7, 11) is 4.88. The maximum absolute atomic E-state index is 6.83. The molecule has 1 aliphatic carbocycles. The van der Waals surface area contributed by atoms with Crippen molar-refractivity contribution in [2.24, 2.45) is 11.3 Å². The van der Waals surface area contributed by atoms with Crippen LogP contribution in [0.1, 0.15) is 44.1 Å². The molecule has 1 aliphatic rings. The molecule has 1 fully saturated rings. The lowest BCUT2D eigenvalue weighted by atomic mass is 9.78. The van der Waals surface area contributed by atoms with Gasteiger partial charge in [-0.3, -0.25) is 0 Å². The second-order valence-corrected chi connectivity index (χ2v) is 6.78. The highest BCUT2D eigenvalue weighted by Crippen LogP contribution is 2.54. The number of methoxy groups -OCH3 is 3. The molecular formula is C17H25ClO3. The van der Waals surface area contributed by atoms with Crippen LogP contribution < -0.4 is 14.2 Å². The number of halogens is 1. The van der Waals surface area contributed by atoms with Crippen molar-refractivity contribution in [3.8, 4) is 17.2 Å². The van der Waals surface area contributed by atoms with E-state index in [0.717, 1.165) is 12.0 Å². The Balaban J connectivity index is 2.43. The van der Waals surface area contributed by atoms with E-state index in [-0.39, 0.29) is 10.8 Å². The molecule has 1 aromatic rings. The molecule has 4 heteroatoms. The zero-order chi connectivity index (χ0) is 15.6. The SMILES string of the molecule is COc1ccc(C(Cl)C2CCCC2(C)C)c(OC)c1OC. The molecule has 1 aromatic carbocycles. The summed E-state index contributed by atoms with van der Waals surface area (Å²) in [6, 6.07) is 3.89. The monoisotopic (exact) mass is 312 g/mol. The Morgan fingerprint density at radius 3 is 2.24 bits per heavy atom. The van der Waals surface area contributed by atoms with E-state index in [1.165, 1.54) is 12.8 Å². The maximum atomic E-state index is 6.83. The van der Waals surface area contributed by atoms with E-state index in [2.05, 4.69) is 13.8 Å². The van der Waals surface area contributed by atoms with Gasteiger partial charge in [0.25, 0.3) is 0 Å². The van der Waals surface area contributed by atoms with E-state index in [9.17, 15) is 0 Å². The number of hydrogen-bond donors (Lipinski definition) is 0. The number of alkyl halides is 1. The minimum absolute atomic E-state index is 0.0859. The molecule has 2 rings (SSSR count). The van der Waals surface area contributed by atoms with Crippen molar-refractivity contribution >= 4 is 11.6 Å². The quantitative estimate of drug-likeness (QED) is 0.730. The van der Waals surface area contributed by atoms with Gasteiger partial charge >= 0.3 is 0 Å². The summed E-state index contributed by atoms with van der Waals surface area (Å²) < 4.78 is 16.4. The molecule has 2 atom stereocenters. The topological polar surface area (TPSA) is 27.7 Å². The van der Waals surface area contributed by atoms with Crippen molar-refractivity contribution in [1.82, 2.24) is 0 Å². The summed E-state index contributed by atoms with van der Waals surface area (Å²) >= 11 is 6.83. The van der Waals surface area contributed by atoms with Crippen LogP contribution in [0.5, 0.6) is 17.2 Å². The Bertz CT molecular complexity index is 499. The van der Waals surface area contributed by atoms with E-state index in [0.29, 0.717) is 23.2 Å². The van der Waals surface area contributed by atoms with Crippen LogP contribution in [0, 0.1) is 11.3 Å². The highest BCUT2D eigenvalue weighted by molar-refractivity contribution is 6.21. The van der Waals surface area contributed by atoms with Crippen LogP contribution in [-0.2, 0) is 0 Å². The highest BCUT2D eigenvalue weighted by Gasteiger charge is 2.40. The van der Waals surface area contributed by atoms with Crippen LogP contribution in [0.2, 0.25) is 0 Å². The van der Waals surface area contributed by atoms with Gasteiger partial charge in [0.05, 0.1) is 26.7 Å². The molecule has 3 nitrogen and oxygen atoms in total. The van der Waals surface area contributed by atoms with Gasteiger partial charge in [-0.25, -0.2) is 0 Å². The van der Waals surface area contributed by atoms with Gasteiger partial charge in [-0.2, -0.15) is 0 Å². The molecule has 118 valence electrons. The van der Waals surface area contributed by atoms with Crippen LogP contribution in [0.4, 0.5) is 0 Å². The number of hydrogen-bond acceptors (Lipinski definition) is 3. The van der Waals surface area contributed by atoms with Gasteiger partial charge in [0.15, 0.2) is 11.5 Å². The maximum Gasteiger partial charge on any atom is 0.203 e. The lowest BCUT2D eigenvalue weighted by molar-refractivity contribution is 0.248. The van der Waals surface area contributed by atoms with E-state index in [4.69, 9.17) is 25.8 Å². The van der Waals surface area contributed by atoms with Gasteiger partial charge in [0, 0.05) is 5.56 Å². The second-order valence-electron chi connectivity index (χ2n) is 6.31. The minimum atomic E-state index is -0.0859. The molecule has 0 aliphatic heterocycles. The molecule has 0 aromatic heterocycles. The first-order valence-corrected chi connectivity index (χ1v) is 7.82. The third-order valence-corrected chi connectivity index (χ3v) is 5.26. The summed E-state index contributed by atoms with van der Waals surface area (Å²) in [5, 5.41) is -0.0859. The minimum Gasteiger partial charge on any atom is -0.493 e. The summed E-state index contributed by atoms with van der Waals surface area (Å²) in [5.41, 5.74) is 1.24. The average Bonchev–Trinajstić information content (AvgIpc) is 2.83. The van der Waals surface area contributed by atoms with Gasteiger partial charge in [-0.1, -0.05) is 20.3 Å². The molecule has 0 amide bonds. The lowest BCUT2D eigenvalue weighted by Gasteiger charge is -2.32. The van der Waals surface area contributed by atoms with Crippen LogP contribution >= 0.6 is 11.6 Å². The smallest absolute Gasteiger partial charge is 0.203 e. The van der Waals surface area contributed by atoms with Crippen LogP contribution in [0.3, 0.4) is 0 Å². The largest absolute Gasteiger partial charge is 0.493 e. The molecule has 0 spiro atoms. The van der Waals surface area contributed by atoms with Crippen molar-refractivity contribution in [1.29, 1.82) is 0 Å². The van der Waals surface area contributed by atoms with Gasteiger partial charge < -0.3 is 14.2 Å². The van der Waals surface area contributed by atoms with Crippen LogP contribution in [0.25, 0.3) is 0 Å². The van der Waals surface area contributed by atoms with E-state index in [1.807, 2.05) is 12.1 Å². The lowest BCUT2D eigenvalue weighted by Crippen LogP contribution is -2.22. The molecule has 0 heterocycles. The van der Waals surface area contributed by atoms with Gasteiger partial charge in [0.1, 0.15) is 0 Å². The molecule has 0 radical (unpaired) electrons. The second kappa shape index (κ2) is 6.35. The van der Waals surface area contributed by atoms with Crippen molar-refractivity contribution in [2.45, 2.75) is 38.5 Å².